The topological polar surface area (TPSA) is 68.3 Å². The van der Waals surface area contributed by atoms with Gasteiger partial charge < -0.3 is 14.2 Å². The van der Waals surface area contributed by atoms with Crippen molar-refractivity contribution in [3.63, 3.8) is 0 Å². The first-order valence-electron chi connectivity index (χ1n) is 6.80. The molecule has 2 unspecified atom stereocenters. The smallest absolute Gasteiger partial charge is 0.282 e. The van der Waals surface area contributed by atoms with E-state index < -0.39 is 10.2 Å². The molecule has 1 aliphatic heterocycles. The monoisotopic (exact) mass is 310 g/mol. The molecular formula is C12H26N2O5S. The first-order chi connectivity index (χ1) is 9.41. The molecule has 0 amide bonds. The number of ether oxygens (including phenoxy) is 3. The maximum absolute atomic E-state index is 12.7. The second-order valence-corrected chi connectivity index (χ2v) is 6.90. The van der Waals surface area contributed by atoms with Crippen LogP contribution in [0.5, 0.6) is 0 Å². The van der Waals surface area contributed by atoms with Crippen molar-refractivity contribution < 1.29 is 22.6 Å². The molecule has 0 aromatic rings. The van der Waals surface area contributed by atoms with Crippen molar-refractivity contribution in [1.29, 1.82) is 0 Å². The first kappa shape index (κ1) is 17.8. The molecule has 0 saturated carbocycles. The Morgan fingerprint density at radius 2 is 1.55 bits per heavy atom. The van der Waals surface area contributed by atoms with E-state index in [4.69, 9.17) is 14.2 Å². The number of methoxy groups -OCH3 is 2. The third kappa shape index (κ3) is 4.94. The van der Waals surface area contributed by atoms with Gasteiger partial charge in [0, 0.05) is 40.4 Å². The molecule has 0 aliphatic carbocycles. The molecule has 0 spiro atoms. The standard InChI is InChI=1S/C12H26N2O5S/c1-11-9-14(10-12(2)19-11)20(15,16)13(5-7-17-3)6-8-18-4/h11-12H,5-10H2,1-4H3. The van der Waals surface area contributed by atoms with Gasteiger partial charge in [-0.1, -0.05) is 0 Å². The van der Waals surface area contributed by atoms with E-state index in [2.05, 4.69) is 0 Å². The van der Waals surface area contributed by atoms with Gasteiger partial charge in [0.15, 0.2) is 0 Å². The summed E-state index contributed by atoms with van der Waals surface area (Å²) in [5, 5.41) is 0. The highest BCUT2D eigenvalue weighted by molar-refractivity contribution is 7.86. The van der Waals surface area contributed by atoms with Crippen molar-refractivity contribution in [2.75, 3.05) is 53.6 Å². The zero-order valence-electron chi connectivity index (χ0n) is 12.7. The number of hydrogen-bond acceptors (Lipinski definition) is 5. The predicted molar refractivity (Wildman–Crippen MR) is 75.8 cm³/mol. The Kier molecular flexibility index (Phi) is 7.35. The Bertz CT molecular complexity index is 358. The Labute approximate surface area is 122 Å². The molecule has 0 bridgehead atoms. The van der Waals surface area contributed by atoms with Gasteiger partial charge in [0.2, 0.25) is 0 Å². The van der Waals surface area contributed by atoms with Crippen LogP contribution in [0.1, 0.15) is 13.8 Å². The fourth-order valence-corrected chi connectivity index (χ4v) is 3.94. The van der Waals surface area contributed by atoms with Crippen LogP contribution in [0, 0.1) is 0 Å². The first-order valence-corrected chi connectivity index (χ1v) is 8.20. The fourth-order valence-electron chi connectivity index (χ4n) is 2.21. The molecule has 1 rings (SSSR count). The summed E-state index contributed by atoms with van der Waals surface area (Å²) in [6.07, 6.45) is -0.194. The van der Waals surface area contributed by atoms with Crippen molar-refractivity contribution in [2.45, 2.75) is 26.1 Å². The Morgan fingerprint density at radius 3 is 1.95 bits per heavy atom. The van der Waals surface area contributed by atoms with Gasteiger partial charge in [0.25, 0.3) is 10.2 Å². The second-order valence-electron chi connectivity index (χ2n) is 4.97. The van der Waals surface area contributed by atoms with Crippen molar-refractivity contribution in [1.82, 2.24) is 8.61 Å². The highest BCUT2D eigenvalue weighted by atomic mass is 32.2. The maximum atomic E-state index is 12.7. The lowest BCUT2D eigenvalue weighted by Gasteiger charge is -2.37. The average Bonchev–Trinajstić information content (AvgIpc) is 2.37. The summed E-state index contributed by atoms with van der Waals surface area (Å²) in [5.74, 6) is 0. The normalized spacial score (nSPS) is 25.2. The third-order valence-electron chi connectivity index (χ3n) is 3.13. The van der Waals surface area contributed by atoms with Crippen LogP contribution in [0.4, 0.5) is 0 Å². The Morgan fingerprint density at radius 1 is 1.10 bits per heavy atom. The van der Waals surface area contributed by atoms with E-state index in [1.54, 1.807) is 14.2 Å². The van der Waals surface area contributed by atoms with Gasteiger partial charge in [-0.2, -0.15) is 17.0 Å². The van der Waals surface area contributed by atoms with Crippen molar-refractivity contribution in [2.24, 2.45) is 0 Å². The van der Waals surface area contributed by atoms with E-state index in [9.17, 15) is 8.42 Å². The fraction of sp³-hybridized carbons (Fsp3) is 1.00. The molecule has 1 saturated heterocycles. The third-order valence-corrected chi connectivity index (χ3v) is 5.10. The number of nitrogens with zero attached hydrogens (tertiary/aromatic N) is 2. The predicted octanol–water partition coefficient (Wildman–Crippen LogP) is -0.0648. The van der Waals surface area contributed by atoms with Gasteiger partial charge in [-0.25, -0.2) is 0 Å². The lowest BCUT2D eigenvalue weighted by atomic mass is 10.3. The molecule has 0 aromatic carbocycles. The highest BCUT2D eigenvalue weighted by Gasteiger charge is 2.34. The van der Waals surface area contributed by atoms with Gasteiger partial charge in [0.05, 0.1) is 25.4 Å². The molecule has 8 heteroatoms. The van der Waals surface area contributed by atoms with Crippen LogP contribution in [0.25, 0.3) is 0 Å². The van der Waals surface area contributed by atoms with E-state index in [1.807, 2.05) is 13.8 Å². The molecule has 1 aliphatic rings. The minimum absolute atomic E-state index is 0.0970. The van der Waals surface area contributed by atoms with Crippen LogP contribution in [0.2, 0.25) is 0 Å². The van der Waals surface area contributed by atoms with Crippen LogP contribution in [-0.2, 0) is 24.4 Å². The van der Waals surface area contributed by atoms with Crippen LogP contribution in [-0.4, -0.2) is 82.8 Å². The van der Waals surface area contributed by atoms with E-state index >= 15 is 0 Å². The van der Waals surface area contributed by atoms with Gasteiger partial charge in [-0.15, -0.1) is 0 Å². The maximum Gasteiger partial charge on any atom is 0.282 e. The molecule has 120 valence electrons. The summed E-state index contributed by atoms with van der Waals surface area (Å²) in [6.45, 7) is 5.88. The van der Waals surface area contributed by atoms with Crippen molar-refractivity contribution in [3.05, 3.63) is 0 Å². The van der Waals surface area contributed by atoms with Crippen LogP contribution in [0.3, 0.4) is 0 Å². The lowest BCUT2D eigenvalue weighted by Crippen LogP contribution is -2.54. The summed E-state index contributed by atoms with van der Waals surface area (Å²) < 4.78 is 43.8. The molecule has 20 heavy (non-hydrogen) atoms. The summed E-state index contributed by atoms with van der Waals surface area (Å²) in [5.41, 5.74) is 0. The van der Waals surface area contributed by atoms with Crippen molar-refractivity contribution >= 4 is 10.2 Å². The lowest BCUT2D eigenvalue weighted by molar-refractivity contribution is -0.0457. The molecule has 1 heterocycles. The van der Waals surface area contributed by atoms with Crippen LogP contribution in [0.15, 0.2) is 0 Å². The Balaban J connectivity index is 2.79. The quantitative estimate of drug-likeness (QED) is 0.628. The zero-order valence-corrected chi connectivity index (χ0v) is 13.6. The number of hydrogen-bond donors (Lipinski definition) is 0. The zero-order chi connectivity index (χ0) is 15.2. The minimum Gasteiger partial charge on any atom is -0.383 e. The average molecular weight is 310 g/mol. The molecule has 0 aromatic heterocycles. The van der Waals surface area contributed by atoms with E-state index in [1.165, 1.54) is 8.61 Å². The van der Waals surface area contributed by atoms with Gasteiger partial charge in [-0.05, 0) is 13.8 Å². The van der Waals surface area contributed by atoms with Crippen LogP contribution >= 0.6 is 0 Å². The summed E-state index contributed by atoms with van der Waals surface area (Å²) in [4.78, 5) is 0. The second kappa shape index (κ2) is 8.26. The molecule has 2 atom stereocenters. The van der Waals surface area contributed by atoms with E-state index in [0.29, 0.717) is 39.4 Å². The van der Waals surface area contributed by atoms with Gasteiger partial charge in [0.1, 0.15) is 0 Å². The molecule has 0 radical (unpaired) electrons. The number of morpholine rings is 1. The van der Waals surface area contributed by atoms with E-state index in [-0.39, 0.29) is 12.2 Å². The molecular weight excluding hydrogens is 284 g/mol. The molecule has 1 fully saturated rings. The largest absolute Gasteiger partial charge is 0.383 e. The highest BCUT2D eigenvalue weighted by Crippen LogP contribution is 2.17. The van der Waals surface area contributed by atoms with E-state index in [0.717, 1.165) is 0 Å². The minimum atomic E-state index is -3.51. The SMILES string of the molecule is COCCN(CCOC)S(=O)(=O)N1CC(C)OC(C)C1. The number of rotatable bonds is 8. The Hall–Kier alpha value is -0.250. The summed E-state index contributed by atoms with van der Waals surface area (Å²) in [7, 11) is -0.397. The molecule has 7 nitrogen and oxygen atoms in total. The van der Waals surface area contributed by atoms with Gasteiger partial charge in [-0.3, -0.25) is 0 Å². The van der Waals surface area contributed by atoms with Crippen LogP contribution < -0.4 is 0 Å². The van der Waals surface area contributed by atoms with Crippen molar-refractivity contribution in [3.8, 4) is 0 Å². The molecule has 0 N–H and O–H groups in total. The summed E-state index contributed by atoms with van der Waals surface area (Å²) >= 11 is 0. The van der Waals surface area contributed by atoms with Gasteiger partial charge >= 0.3 is 0 Å². The summed E-state index contributed by atoms with van der Waals surface area (Å²) in [6, 6.07) is 0.